The van der Waals surface area contributed by atoms with Crippen molar-refractivity contribution in [2.45, 2.75) is 30.6 Å². The van der Waals surface area contributed by atoms with Gasteiger partial charge in [0.2, 0.25) is 0 Å². The minimum absolute atomic E-state index is 0.503. The first-order valence-corrected chi connectivity index (χ1v) is 3.79. The molecule has 0 spiro atoms. The Bertz CT molecular complexity index is 213. The second-order valence-electron chi connectivity index (χ2n) is 2.85. The van der Waals surface area contributed by atoms with E-state index in [1.165, 1.54) is 0 Å². The first-order chi connectivity index (χ1) is 6.11. The zero-order chi connectivity index (χ0) is 10.0. The molecule has 0 aromatic carbocycles. The van der Waals surface area contributed by atoms with Gasteiger partial charge in [0.25, 0.3) is 0 Å². The highest BCUT2D eigenvalue weighted by Crippen LogP contribution is 2.21. The molecule has 5 atom stereocenters. The van der Waals surface area contributed by atoms with Crippen LogP contribution in [0.15, 0.2) is 0 Å². The summed E-state index contributed by atoms with van der Waals surface area (Å²) in [4.78, 5) is 2.91. The van der Waals surface area contributed by atoms with Crippen LogP contribution in [0, 0.1) is 6.57 Å². The highest BCUT2D eigenvalue weighted by molar-refractivity contribution is 4.94. The summed E-state index contributed by atoms with van der Waals surface area (Å²) < 4.78 is 4.82. The Morgan fingerprint density at radius 3 is 2.23 bits per heavy atom. The predicted molar refractivity (Wildman–Crippen MR) is 40.4 cm³/mol. The largest absolute Gasteiger partial charge is 0.394 e. The summed E-state index contributed by atoms with van der Waals surface area (Å²) in [6, 6.07) is 0. The molecule has 0 amide bonds. The van der Waals surface area contributed by atoms with Gasteiger partial charge >= 0.3 is 6.23 Å². The van der Waals surface area contributed by atoms with Crippen molar-refractivity contribution in [1.29, 1.82) is 0 Å². The van der Waals surface area contributed by atoms with Crippen molar-refractivity contribution >= 4 is 0 Å². The van der Waals surface area contributed by atoms with Crippen LogP contribution < -0.4 is 0 Å². The Morgan fingerprint density at radius 1 is 1.15 bits per heavy atom. The zero-order valence-electron chi connectivity index (χ0n) is 6.74. The topological polar surface area (TPSA) is 94.5 Å². The average Bonchev–Trinajstić information content (AvgIpc) is 2.15. The first-order valence-electron chi connectivity index (χ1n) is 3.79. The van der Waals surface area contributed by atoms with Crippen molar-refractivity contribution in [3.63, 3.8) is 0 Å². The highest BCUT2D eigenvalue weighted by atomic mass is 16.6. The monoisotopic (exact) mass is 189 g/mol. The SMILES string of the molecule is [C-]#[N+]C1O[C@H](CO)[C@@H](O)[C@H](O)[C@H]1O. The van der Waals surface area contributed by atoms with E-state index in [4.69, 9.17) is 16.4 Å². The van der Waals surface area contributed by atoms with Crippen LogP contribution in [0.3, 0.4) is 0 Å². The first kappa shape index (κ1) is 10.4. The third kappa shape index (κ3) is 1.80. The van der Waals surface area contributed by atoms with Gasteiger partial charge in [0.15, 0.2) is 6.10 Å². The lowest BCUT2D eigenvalue weighted by molar-refractivity contribution is -0.217. The van der Waals surface area contributed by atoms with Crippen LogP contribution in [-0.4, -0.2) is 57.7 Å². The Labute approximate surface area is 74.8 Å². The fraction of sp³-hybridized carbons (Fsp3) is 0.857. The smallest absolute Gasteiger partial charge is 0.356 e. The number of aliphatic hydroxyl groups excluding tert-OH is 4. The van der Waals surface area contributed by atoms with E-state index in [1.807, 2.05) is 0 Å². The molecule has 0 saturated carbocycles. The summed E-state index contributed by atoms with van der Waals surface area (Å²) in [5.74, 6) is 0. The van der Waals surface area contributed by atoms with Crippen LogP contribution >= 0.6 is 0 Å². The number of hydrogen-bond acceptors (Lipinski definition) is 5. The maximum atomic E-state index is 9.22. The van der Waals surface area contributed by atoms with E-state index in [-0.39, 0.29) is 0 Å². The molecule has 0 aromatic rings. The van der Waals surface area contributed by atoms with E-state index in [2.05, 4.69) is 4.85 Å². The molecule has 0 bridgehead atoms. The van der Waals surface area contributed by atoms with E-state index in [0.717, 1.165) is 0 Å². The van der Waals surface area contributed by atoms with Gasteiger partial charge in [-0.25, -0.2) is 6.57 Å². The Hall–Kier alpha value is -0.710. The van der Waals surface area contributed by atoms with Crippen molar-refractivity contribution in [2.75, 3.05) is 6.61 Å². The molecule has 6 heteroatoms. The van der Waals surface area contributed by atoms with E-state index < -0.39 is 37.3 Å². The molecule has 1 fully saturated rings. The maximum Gasteiger partial charge on any atom is 0.356 e. The number of hydrogen-bond donors (Lipinski definition) is 4. The fourth-order valence-electron chi connectivity index (χ4n) is 1.19. The number of nitrogens with zero attached hydrogens (tertiary/aromatic N) is 1. The molecule has 1 aliphatic rings. The highest BCUT2D eigenvalue weighted by Gasteiger charge is 2.46. The van der Waals surface area contributed by atoms with Gasteiger partial charge in [-0.15, -0.1) is 0 Å². The van der Waals surface area contributed by atoms with Gasteiger partial charge in [-0.1, -0.05) is 0 Å². The molecular formula is C7H11NO5. The summed E-state index contributed by atoms with van der Waals surface area (Å²) in [6.07, 6.45) is -6.49. The van der Waals surface area contributed by atoms with Gasteiger partial charge in [0.05, 0.1) is 6.61 Å². The normalized spacial score (nSPS) is 45.6. The van der Waals surface area contributed by atoms with Crippen molar-refractivity contribution < 1.29 is 25.2 Å². The molecule has 74 valence electrons. The standard InChI is InChI=1S/C7H11NO5/c1-8-7-6(12)5(11)4(10)3(2-9)13-7/h3-7,9-12H,2H2/t3-,4-,5+,6-,7?/m1/s1. The lowest BCUT2D eigenvalue weighted by Gasteiger charge is -2.34. The second kappa shape index (κ2) is 4.00. The van der Waals surface area contributed by atoms with E-state index in [9.17, 15) is 15.3 Å². The molecule has 13 heavy (non-hydrogen) atoms. The van der Waals surface area contributed by atoms with Crippen LogP contribution in [0.25, 0.3) is 4.85 Å². The molecule has 1 saturated heterocycles. The van der Waals surface area contributed by atoms with Gasteiger partial charge in [-0.05, 0) is 0 Å². The Kier molecular flexibility index (Phi) is 3.19. The Morgan fingerprint density at radius 2 is 1.77 bits per heavy atom. The van der Waals surface area contributed by atoms with Crippen molar-refractivity contribution in [3.05, 3.63) is 11.4 Å². The van der Waals surface area contributed by atoms with Crippen molar-refractivity contribution in [1.82, 2.24) is 0 Å². The van der Waals surface area contributed by atoms with Crippen LogP contribution in [0.2, 0.25) is 0 Å². The average molecular weight is 189 g/mol. The van der Waals surface area contributed by atoms with Gasteiger partial charge in [-0.3, -0.25) is 9.58 Å². The predicted octanol–water partition coefficient (Wildman–Crippen LogP) is -2.29. The quantitative estimate of drug-likeness (QED) is 0.348. The maximum absolute atomic E-state index is 9.22. The Balaban J connectivity index is 2.73. The lowest BCUT2D eigenvalue weighted by atomic mass is 9.99. The van der Waals surface area contributed by atoms with Crippen molar-refractivity contribution in [3.8, 4) is 0 Å². The van der Waals surface area contributed by atoms with Gasteiger partial charge in [0, 0.05) is 0 Å². The molecule has 0 radical (unpaired) electrons. The van der Waals surface area contributed by atoms with E-state index in [1.54, 1.807) is 0 Å². The molecule has 4 N–H and O–H groups in total. The number of rotatable bonds is 1. The fourth-order valence-corrected chi connectivity index (χ4v) is 1.19. The minimum Gasteiger partial charge on any atom is -0.394 e. The van der Waals surface area contributed by atoms with Gasteiger partial charge in [-0.2, -0.15) is 0 Å². The molecule has 1 aliphatic heterocycles. The van der Waals surface area contributed by atoms with E-state index in [0.29, 0.717) is 0 Å². The third-order valence-corrected chi connectivity index (χ3v) is 1.99. The molecule has 1 unspecified atom stereocenters. The molecular weight excluding hydrogens is 178 g/mol. The molecule has 1 rings (SSSR count). The van der Waals surface area contributed by atoms with Gasteiger partial charge < -0.3 is 20.4 Å². The van der Waals surface area contributed by atoms with Crippen LogP contribution in [0.1, 0.15) is 0 Å². The minimum atomic E-state index is -1.45. The summed E-state index contributed by atoms with van der Waals surface area (Å²) in [6.45, 7) is 6.11. The van der Waals surface area contributed by atoms with Crippen LogP contribution in [0.5, 0.6) is 0 Å². The van der Waals surface area contributed by atoms with Crippen LogP contribution in [-0.2, 0) is 4.74 Å². The van der Waals surface area contributed by atoms with Gasteiger partial charge in [0.1, 0.15) is 18.3 Å². The second-order valence-corrected chi connectivity index (χ2v) is 2.85. The summed E-state index contributed by atoms with van der Waals surface area (Å²) in [5, 5.41) is 36.3. The number of ether oxygens (including phenoxy) is 1. The third-order valence-electron chi connectivity index (χ3n) is 1.99. The zero-order valence-corrected chi connectivity index (χ0v) is 6.74. The number of aliphatic hydroxyl groups is 4. The summed E-state index contributed by atoms with van der Waals surface area (Å²) in [5.41, 5.74) is 0. The lowest BCUT2D eigenvalue weighted by Crippen LogP contribution is -2.57. The van der Waals surface area contributed by atoms with Crippen LogP contribution in [0.4, 0.5) is 0 Å². The van der Waals surface area contributed by atoms with E-state index >= 15 is 0 Å². The van der Waals surface area contributed by atoms with Crippen molar-refractivity contribution in [2.24, 2.45) is 0 Å². The molecule has 0 aliphatic carbocycles. The summed E-state index contributed by atoms with van der Waals surface area (Å²) >= 11 is 0. The molecule has 6 nitrogen and oxygen atoms in total. The summed E-state index contributed by atoms with van der Waals surface area (Å²) in [7, 11) is 0. The molecule has 0 aromatic heterocycles. The molecule has 1 heterocycles.